The molecule has 0 aromatic carbocycles. The Hall–Kier alpha value is -2.14. The summed E-state index contributed by atoms with van der Waals surface area (Å²) in [7, 11) is 0. The second-order valence-corrected chi connectivity index (χ2v) is 13.7. The van der Waals surface area contributed by atoms with E-state index in [1.165, 1.54) is 116 Å². The topological polar surface area (TPSA) is 72.8 Å². The fourth-order valence-corrected chi connectivity index (χ4v) is 5.67. The summed E-state index contributed by atoms with van der Waals surface area (Å²) in [5.41, 5.74) is 0. The summed E-state index contributed by atoms with van der Waals surface area (Å²) >= 11 is 0. The Labute approximate surface area is 303 Å². The fraction of sp³-hybridized carbons (Fsp3) is 0.773. The second kappa shape index (κ2) is 40.3. The van der Waals surface area contributed by atoms with Gasteiger partial charge in [0, 0.05) is 12.8 Å². The van der Waals surface area contributed by atoms with E-state index in [1.54, 1.807) is 0 Å². The SMILES string of the molecule is CCCCC/C=C\C/C=C\CCCCCCCCCCCC(=O)OC(CO)COC(=O)CCCCCCC/C=C\C/C=C\CCCCCC. The lowest BCUT2D eigenvalue weighted by atomic mass is 10.1. The van der Waals surface area contributed by atoms with Gasteiger partial charge in [0.15, 0.2) is 6.10 Å². The Morgan fingerprint density at radius 1 is 0.469 bits per heavy atom. The maximum atomic E-state index is 12.2. The highest BCUT2D eigenvalue weighted by Crippen LogP contribution is 2.13. The van der Waals surface area contributed by atoms with Gasteiger partial charge in [-0.25, -0.2) is 0 Å². The molecule has 0 aliphatic heterocycles. The van der Waals surface area contributed by atoms with Gasteiger partial charge in [0.25, 0.3) is 0 Å². The lowest BCUT2D eigenvalue weighted by molar-refractivity contribution is -0.161. The number of unbranched alkanes of at least 4 members (excludes halogenated alkanes) is 21. The van der Waals surface area contributed by atoms with E-state index in [0.29, 0.717) is 12.8 Å². The van der Waals surface area contributed by atoms with Crippen LogP contribution in [0.15, 0.2) is 48.6 Å². The highest BCUT2D eigenvalue weighted by Gasteiger charge is 2.16. The highest BCUT2D eigenvalue weighted by molar-refractivity contribution is 5.70. The third kappa shape index (κ3) is 38.5. The molecule has 0 aromatic rings. The number of carbonyl (C=O) groups excluding carboxylic acids is 2. The molecular formula is C44H78O5. The molecule has 284 valence electrons. The number of rotatable bonds is 37. The minimum Gasteiger partial charge on any atom is -0.462 e. The maximum Gasteiger partial charge on any atom is 0.306 e. The van der Waals surface area contributed by atoms with Gasteiger partial charge in [0.05, 0.1) is 6.61 Å². The molecule has 0 aliphatic rings. The van der Waals surface area contributed by atoms with Crippen molar-refractivity contribution in [2.24, 2.45) is 0 Å². The average molecular weight is 687 g/mol. The van der Waals surface area contributed by atoms with Crippen LogP contribution in [0.25, 0.3) is 0 Å². The lowest BCUT2D eigenvalue weighted by Gasteiger charge is -2.15. The standard InChI is InChI=1S/C44H78O5/c1-3-5-7-9-11-13-15-17-19-21-22-23-25-27-29-31-33-35-37-39-44(47)49-42(40-45)41-48-43(46)38-36-34-32-30-28-26-24-20-18-16-14-12-10-8-6-4-2/h11,13-14,16-17,19-20,24,42,45H,3-10,12,15,18,21-23,25-41H2,1-2H3/b13-11-,16-14-,19-17-,24-20-. The van der Waals surface area contributed by atoms with Crippen molar-refractivity contribution >= 4 is 11.9 Å². The van der Waals surface area contributed by atoms with Crippen LogP contribution in [0.1, 0.15) is 200 Å². The third-order valence-electron chi connectivity index (χ3n) is 8.85. The molecule has 1 N–H and O–H groups in total. The highest BCUT2D eigenvalue weighted by atomic mass is 16.6. The van der Waals surface area contributed by atoms with Gasteiger partial charge >= 0.3 is 11.9 Å². The van der Waals surface area contributed by atoms with Gasteiger partial charge in [-0.3, -0.25) is 9.59 Å². The molecule has 0 amide bonds. The number of aliphatic hydroxyl groups excluding tert-OH is 1. The Balaban J connectivity index is 3.58. The molecular weight excluding hydrogens is 608 g/mol. The third-order valence-corrected chi connectivity index (χ3v) is 8.85. The van der Waals surface area contributed by atoms with E-state index >= 15 is 0 Å². The van der Waals surface area contributed by atoms with Crippen LogP contribution in [0.3, 0.4) is 0 Å². The van der Waals surface area contributed by atoms with Gasteiger partial charge in [-0.1, -0.05) is 159 Å². The smallest absolute Gasteiger partial charge is 0.306 e. The zero-order chi connectivity index (χ0) is 35.7. The van der Waals surface area contributed by atoms with Crippen LogP contribution in [0.2, 0.25) is 0 Å². The van der Waals surface area contributed by atoms with E-state index in [4.69, 9.17) is 9.47 Å². The number of hydrogen-bond acceptors (Lipinski definition) is 5. The predicted octanol–water partition coefficient (Wildman–Crippen LogP) is 13.0. The Morgan fingerprint density at radius 2 is 0.816 bits per heavy atom. The zero-order valence-corrected chi connectivity index (χ0v) is 32.2. The van der Waals surface area contributed by atoms with E-state index < -0.39 is 6.10 Å². The van der Waals surface area contributed by atoms with Gasteiger partial charge in [0.1, 0.15) is 6.61 Å². The molecule has 0 radical (unpaired) electrons. The number of carbonyl (C=O) groups is 2. The molecule has 0 fully saturated rings. The molecule has 0 aromatic heterocycles. The summed E-state index contributed by atoms with van der Waals surface area (Å²) in [6, 6.07) is 0. The Morgan fingerprint density at radius 3 is 1.24 bits per heavy atom. The van der Waals surface area contributed by atoms with E-state index in [0.717, 1.165) is 57.8 Å². The first-order valence-electron chi connectivity index (χ1n) is 20.7. The van der Waals surface area contributed by atoms with Crippen LogP contribution >= 0.6 is 0 Å². The predicted molar refractivity (Wildman–Crippen MR) is 210 cm³/mol. The van der Waals surface area contributed by atoms with E-state index in [1.807, 2.05) is 0 Å². The first-order chi connectivity index (χ1) is 24.1. The number of aliphatic hydroxyl groups is 1. The lowest BCUT2D eigenvalue weighted by Crippen LogP contribution is -2.28. The van der Waals surface area contributed by atoms with Gasteiger partial charge in [-0.15, -0.1) is 0 Å². The zero-order valence-electron chi connectivity index (χ0n) is 32.2. The molecule has 0 bridgehead atoms. The van der Waals surface area contributed by atoms with Gasteiger partial charge < -0.3 is 14.6 Å². The summed E-state index contributed by atoms with van der Waals surface area (Å²) in [4.78, 5) is 24.3. The van der Waals surface area contributed by atoms with Crippen LogP contribution in [0.4, 0.5) is 0 Å². The number of esters is 2. The molecule has 0 rings (SSSR count). The summed E-state index contributed by atoms with van der Waals surface area (Å²) in [5.74, 6) is -0.611. The number of ether oxygens (including phenoxy) is 2. The first kappa shape index (κ1) is 46.9. The van der Waals surface area contributed by atoms with Gasteiger partial charge in [-0.2, -0.15) is 0 Å². The molecule has 0 saturated heterocycles. The molecule has 1 unspecified atom stereocenters. The molecule has 0 spiro atoms. The van der Waals surface area contributed by atoms with Crippen LogP contribution in [0, 0.1) is 0 Å². The van der Waals surface area contributed by atoms with E-state index in [9.17, 15) is 14.7 Å². The molecule has 0 heterocycles. The average Bonchev–Trinajstić information content (AvgIpc) is 3.10. The first-order valence-corrected chi connectivity index (χ1v) is 20.7. The van der Waals surface area contributed by atoms with Gasteiger partial charge in [0.2, 0.25) is 0 Å². The second-order valence-electron chi connectivity index (χ2n) is 13.7. The minimum absolute atomic E-state index is 0.0751. The normalized spacial score (nSPS) is 12.6. The van der Waals surface area contributed by atoms with E-state index in [2.05, 4.69) is 62.5 Å². The molecule has 5 nitrogen and oxygen atoms in total. The fourth-order valence-electron chi connectivity index (χ4n) is 5.67. The van der Waals surface area contributed by atoms with Gasteiger partial charge in [-0.05, 0) is 77.0 Å². The number of allylic oxidation sites excluding steroid dienone is 8. The van der Waals surface area contributed by atoms with Crippen molar-refractivity contribution in [3.8, 4) is 0 Å². The largest absolute Gasteiger partial charge is 0.462 e. The van der Waals surface area contributed by atoms with Crippen molar-refractivity contribution < 1.29 is 24.2 Å². The molecule has 0 aliphatic carbocycles. The Bertz CT molecular complexity index is 827. The van der Waals surface area contributed by atoms with Crippen molar-refractivity contribution in [3.63, 3.8) is 0 Å². The monoisotopic (exact) mass is 687 g/mol. The molecule has 1 atom stereocenters. The molecule has 0 saturated carbocycles. The van der Waals surface area contributed by atoms with Crippen LogP contribution in [-0.4, -0.2) is 36.4 Å². The van der Waals surface area contributed by atoms with Crippen LogP contribution in [-0.2, 0) is 19.1 Å². The van der Waals surface area contributed by atoms with Crippen LogP contribution < -0.4 is 0 Å². The minimum atomic E-state index is -0.779. The van der Waals surface area contributed by atoms with Crippen molar-refractivity contribution in [1.29, 1.82) is 0 Å². The summed E-state index contributed by atoms with van der Waals surface area (Å²) in [6.45, 7) is 4.08. The van der Waals surface area contributed by atoms with E-state index in [-0.39, 0.29) is 25.2 Å². The van der Waals surface area contributed by atoms with Crippen molar-refractivity contribution in [1.82, 2.24) is 0 Å². The Kier molecular flexibility index (Phi) is 38.5. The molecule has 5 heteroatoms. The maximum absolute atomic E-state index is 12.2. The summed E-state index contributed by atoms with van der Waals surface area (Å²) in [6.07, 6.45) is 50.2. The molecule has 49 heavy (non-hydrogen) atoms. The number of hydrogen-bond donors (Lipinski definition) is 1. The van der Waals surface area contributed by atoms with Crippen molar-refractivity contribution in [3.05, 3.63) is 48.6 Å². The quantitative estimate of drug-likeness (QED) is 0.0400. The summed E-state index contributed by atoms with van der Waals surface area (Å²) < 4.78 is 10.6. The van der Waals surface area contributed by atoms with Crippen molar-refractivity contribution in [2.75, 3.05) is 13.2 Å². The summed E-state index contributed by atoms with van der Waals surface area (Å²) in [5, 5.41) is 9.56. The van der Waals surface area contributed by atoms with Crippen LogP contribution in [0.5, 0.6) is 0 Å². The van der Waals surface area contributed by atoms with Crippen molar-refractivity contribution in [2.45, 2.75) is 206 Å².